The molecule has 70 valence electrons. The molecule has 1 heterocycles. The SMILES string of the molecule is CCOC(=O)C1CCCCN1S. The summed E-state index contributed by atoms with van der Waals surface area (Å²) in [5, 5.41) is 0. The standard InChI is InChI=1S/C8H15NO2S/c1-2-11-8(10)7-5-3-4-6-9(7)12/h7,12H,2-6H2,1H3. The van der Waals surface area contributed by atoms with Crippen molar-refractivity contribution >= 4 is 18.8 Å². The van der Waals surface area contributed by atoms with Crippen molar-refractivity contribution in [2.75, 3.05) is 13.2 Å². The van der Waals surface area contributed by atoms with E-state index in [0.717, 1.165) is 25.8 Å². The molecule has 12 heavy (non-hydrogen) atoms. The van der Waals surface area contributed by atoms with E-state index in [1.807, 2.05) is 6.92 Å². The molecule has 1 rings (SSSR count). The fraction of sp³-hybridized carbons (Fsp3) is 0.875. The minimum atomic E-state index is -0.132. The molecule has 1 saturated heterocycles. The number of hydrogen-bond acceptors (Lipinski definition) is 4. The van der Waals surface area contributed by atoms with E-state index in [-0.39, 0.29) is 12.0 Å². The number of hydrogen-bond donors (Lipinski definition) is 1. The van der Waals surface area contributed by atoms with Gasteiger partial charge >= 0.3 is 5.97 Å². The number of ether oxygens (including phenoxy) is 1. The molecule has 1 unspecified atom stereocenters. The van der Waals surface area contributed by atoms with Gasteiger partial charge in [-0.15, -0.1) is 0 Å². The molecule has 0 amide bonds. The van der Waals surface area contributed by atoms with Crippen LogP contribution < -0.4 is 0 Å². The number of thiol groups is 1. The fourth-order valence-electron chi connectivity index (χ4n) is 1.39. The largest absolute Gasteiger partial charge is 0.465 e. The molecule has 0 radical (unpaired) electrons. The zero-order valence-electron chi connectivity index (χ0n) is 7.32. The highest BCUT2D eigenvalue weighted by atomic mass is 32.1. The second kappa shape index (κ2) is 4.72. The van der Waals surface area contributed by atoms with Gasteiger partial charge in [0.15, 0.2) is 0 Å². The van der Waals surface area contributed by atoms with Crippen molar-refractivity contribution in [1.29, 1.82) is 0 Å². The van der Waals surface area contributed by atoms with Crippen LogP contribution in [0, 0.1) is 0 Å². The molecule has 0 N–H and O–H groups in total. The van der Waals surface area contributed by atoms with Gasteiger partial charge in [0.05, 0.1) is 6.61 Å². The average Bonchev–Trinajstić information content (AvgIpc) is 2.05. The summed E-state index contributed by atoms with van der Waals surface area (Å²) in [5.41, 5.74) is 0. The number of carbonyl (C=O) groups excluding carboxylic acids is 1. The summed E-state index contributed by atoms with van der Waals surface area (Å²) in [6.45, 7) is 3.16. The minimum absolute atomic E-state index is 0.123. The maximum atomic E-state index is 11.3. The molecular weight excluding hydrogens is 174 g/mol. The van der Waals surface area contributed by atoms with Crippen LogP contribution in [0.1, 0.15) is 26.2 Å². The molecule has 4 heteroatoms. The van der Waals surface area contributed by atoms with E-state index in [4.69, 9.17) is 4.74 Å². The molecule has 0 aromatic heterocycles. The Bertz CT molecular complexity index is 163. The van der Waals surface area contributed by atoms with E-state index in [2.05, 4.69) is 12.8 Å². The maximum Gasteiger partial charge on any atom is 0.324 e. The number of piperidine rings is 1. The van der Waals surface area contributed by atoms with Crippen LogP contribution in [0.3, 0.4) is 0 Å². The predicted molar refractivity (Wildman–Crippen MR) is 50.0 cm³/mol. The van der Waals surface area contributed by atoms with E-state index >= 15 is 0 Å². The topological polar surface area (TPSA) is 29.5 Å². The van der Waals surface area contributed by atoms with Crippen LogP contribution in [0.25, 0.3) is 0 Å². The van der Waals surface area contributed by atoms with Gasteiger partial charge in [-0.1, -0.05) is 12.8 Å². The molecule has 0 aromatic rings. The zero-order valence-corrected chi connectivity index (χ0v) is 8.22. The summed E-state index contributed by atoms with van der Waals surface area (Å²) < 4.78 is 6.70. The Balaban J connectivity index is 2.42. The first-order valence-electron chi connectivity index (χ1n) is 4.38. The van der Waals surface area contributed by atoms with Gasteiger partial charge in [0, 0.05) is 6.54 Å². The zero-order chi connectivity index (χ0) is 8.97. The number of rotatable bonds is 2. The lowest BCUT2D eigenvalue weighted by Crippen LogP contribution is -2.39. The van der Waals surface area contributed by atoms with E-state index in [1.165, 1.54) is 0 Å². The first-order chi connectivity index (χ1) is 5.75. The highest BCUT2D eigenvalue weighted by Gasteiger charge is 2.27. The molecule has 1 atom stereocenters. The van der Waals surface area contributed by atoms with Gasteiger partial charge < -0.3 is 4.74 Å². The van der Waals surface area contributed by atoms with E-state index in [1.54, 1.807) is 4.31 Å². The van der Waals surface area contributed by atoms with Crippen molar-refractivity contribution < 1.29 is 9.53 Å². The third-order valence-electron chi connectivity index (χ3n) is 2.03. The lowest BCUT2D eigenvalue weighted by atomic mass is 10.1. The van der Waals surface area contributed by atoms with Crippen LogP contribution in [0.15, 0.2) is 0 Å². The Morgan fingerprint density at radius 2 is 2.42 bits per heavy atom. The first-order valence-corrected chi connectivity index (χ1v) is 4.78. The van der Waals surface area contributed by atoms with Crippen LogP contribution in [0.2, 0.25) is 0 Å². The highest BCUT2D eigenvalue weighted by molar-refractivity contribution is 7.77. The number of nitrogens with zero attached hydrogens (tertiary/aromatic N) is 1. The third kappa shape index (κ3) is 2.38. The van der Waals surface area contributed by atoms with Crippen molar-refractivity contribution in [2.24, 2.45) is 0 Å². The lowest BCUT2D eigenvalue weighted by molar-refractivity contribution is -0.148. The van der Waals surface area contributed by atoms with E-state index in [0.29, 0.717) is 6.61 Å². The molecule has 0 spiro atoms. The van der Waals surface area contributed by atoms with Crippen molar-refractivity contribution in [3.63, 3.8) is 0 Å². The van der Waals surface area contributed by atoms with Crippen molar-refractivity contribution in [1.82, 2.24) is 4.31 Å². The van der Waals surface area contributed by atoms with Crippen molar-refractivity contribution in [3.05, 3.63) is 0 Å². The molecule has 1 fully saturated rings. The number of carbonyl (C=O) groups is 1. The van der Waals surface area contributed by atoms with Gasteiger partial charge in [-0.25, -0.2) is 4.31 Å². The predicted octanol–water partition coefficient (Wildman–Crippen LogP) is 1.25. The van der Waals surface area contributed by atoms with Crippen LogP contribution in [0.5, 0.6) is 0 Å². The van der Waals surface area contributed by atoms with Crippen LogP contribution in [0.4, 0.5) is 0 Å². The normalized spacial score (nSPS) is 25.3. The molecule has 0 saturated carbocycles. The van der Waals surface area contributed by atoms with Crippen LogP contribution in [-0.2, 0) is 9.53 Å². The molecule has 3 nitrogen and oxygen atoms in total. The summed E-state index contributed by atoms with van der Waals surface area (Å²) in [5.74, 6) is -0.132. The molecule has 0 aromatic carbocycles. The molecule has 0 aliphatic carbocycles. The van der Waals surface area contributed by atoms with Crippen LogP contribution >= 0.6 is 12.8 Å². The molecule has 0 bridgehead atoms. The third-order valence-corrected chi connectivity index (χ3v) is 2.51. The molecule has 1 aliphatic heterocycles. The Hall–Kier alpha value is -0.220. The fourth-order valence-corrected chi connectivity index (χ4v) is 1.75. The molecular formula is C8H15NO2S. The Labute approximate surface area is 78.6 Å². The lowest BCUT2D eigenvalue weighted by Gasteiger charge is -2.28. The Morgan fingerprint density at radius 3 is 3.00 bits per heavy atom. The maximum absolute atomic E-state index is 11.3. The summed E-state index contributed by atoms with van der Waals surface area (Å²) in [6, 6.07) is -0.123. The monoisotopic (exact) mass is 189 g/mol. The van der Waals surface area contributed by atoms with Gasteiger partial charge in [0.1, 0.15) is 6.04 Å². The smallest absolute Gasteiger partial charge is 0.324 e. The van der Waals surface area contributed by atoms with Gasteiger partial charge in [-0.3, -0.25) is 4.79 Å². The first kappa shape index (κ1) is 9.86. The summed E-state index contributed by atoms with van der Waals surface area (Å²) in [6.07, 6.45) is 3.10. The number of esters is 1. The second-order valence-corrected chi connectivity index (χ2v) is 3.44. The average molecular weight is 189 g/mol. The van der Waals surface area contributed by atoms with E-state index in [9.17, 15) is 4.79 Å². The van der Waals surface area contributed by atoms with Gasteiger partial charge in [0.25, 0.3) is 0 Å². The molecule has 1 aliphatic rings. The van der Waals surface area contributed by atoms with Gasteiger partial charge in [0.2, 0.25) is 0 Å². The van der Waals surface area contributed by atoms with E-state index < -0.39 is 0 Å². The van der Waals surface area contributed by atoms with Gasteiger partial charge in [-0.05, 0) is 26.2 Å². The van der Waals surface area contributed by atoms with Crippen molar-refractivity contribution in [2.45, 2.75) is 32.2 Å². The quantitative estimate of drug-likeness (QED) is 0.523. The Morgan fingerprint density at radius 1 is 1.67 bits per heavy atom. The summed E-state index contributed by atoms with van der Waals surface area (Å²) in [7, 11) is 0. The second-order valence-electron chi connectivity index (χ2n) is 2.93. The highest BCUT2D eigenvalue weighted by Crippen LogP contribution is 2.19. The van der Waals surface area contributed by atoms with Gasteiger partial charge in [-0.2, -0.15) is 0 Å². The van der Waals surface area contributed by atoms with Crippen molar-refractivity contribution in [3.8, 4) is 0 Å². The summed E-state index contributed by atoms with van der Waals surface area (Å²) in [4.78, 5) is 11.3. The minimum Gasteiger partial charge on any atom is -0.465 e. The summed E-state index contributed by atoms with van der Waals surface area (Å²) >= 11 is 4.22. The Kier molecular flexibility index (Phi) is 3.88. The van der Waals surface area contributed by atoms with Crippen LogP contribution in [-0.4, -0.2) is 29.5 Å².